The highest BCUT2D eigenvalue weighted by atomic mass is 16.5. The molecule has 0 fully saturated rings. The molecule has 2 aromatic heterocycles. The molecule has 24 heavy (non-hydrogen) atoms. The van der Waals surface area contributed by atoms with Crippen LogP contribution in [-0.4, -0.2) is 28.2 Å². The van der Waals surface area contributed by atoms with Crippen molar-refractivity contribution in [2.45, 2.75) is 0 Å². The van der Waals surface area contributed by atoms with Gasteiger partial charge in [-0.05, 0) is 36.4 Å². The molecule has 0 aliphatic rings. The zero-order valence-corrected chi connectivity index (χ0v) is 12.9. The van der Waals surface area contributed by atoms with Gasteiger partial charge in [0.25, 0.3) is 5.91 Å². The van der Waals surface area contributed by atoms with Gasteiger partial charge in [0.05, 0.1) is 18.4 Å². The summed E-state index contributed by atoms with van der Waals surface area (Å²) < 4.78 is 5.27. The third-order valence-corrected chi connectivity index (χ3v) is 3.20. The highest BCUT2D eigenvalue weighted by Gasteiger charge is 2.08. The van der Waals surface area contributed by atoms with Gasteiger partial charge in [-0.3, -0.25) is 9.78 Å². The Morgan fingerprint density at radius 2 is 1.79 bits per heavy atom. The van der Waals surface area contributed by atoms with Crippen LogP contribution in [0.15, 0.2) is 60.9 Å². The minimum Gasteiger partial charge on any atom is -0.495 e. The van der Waals surface area contributed by atoms with Crippen LogP contribution in [0.2, 0.25) is 0 Å². The molecule has 2 N–H and O–H groups in total. The molecule has 3 aromatic rings. The van der Waals surface area contributed by atoms with Gasteiger partial charge in [0.2, 0.25) is 0 Å². The van der Waals surface area contributed by atoms with E-state index in [-0.39, 0.29) is 5.91 Å². The van der Waals surface area contributed by atoms with E-state index in [9.17, 15) is 4.79 Å². The number of rotatable bonds is 5. The van der Waals surface area contributed by atoms with Crippen LogP contribution >= 0.6 is 0 Å². The molecule has 0 spiro atoms. The van der Waals surface area contributed by atoms with Crippen LogP contribution in [0.3, 0.4) is 0 Å². The lowest BCUT2D eigenvalue weighted by Gasteiger charge is -2.10. The number of aromatic nitrogens is 3. The van der Waals surface area contributed by atoms with Crippen molar-refractivity contribution in [3.8, 4) is 5.75 Å². The van der Waals surface area contributed by atoms with Crippen molar-refractivity contribution in [2.24, 2.45) is 0 Å². The number of hydrogen-bond acceptors (Lipinski definition) is 6. The third kappa shape index (κ3) is 3.64. The van der Waals surface area contributed by atoms with Crippen LogP contribution in [0.5, 0.6) is 5.75 Å². The zero-order valence-electron chi connectivity index (χ0n) is 12.9. The fourth-order valence-corrected chi connectivity index (χ4v) is 2.04. The van der Waals surface area contributed by atoms with E-state index in [0.29, 0.717) is 22.9 Å². The van der Waals surface area contributed by atoms with E-state index in [4.69, 9.17) is 4.74 Å². The molecule has 0 aliphatic carbocycles. The van der Waals surface area contributed by atoms with Gasteiger partial charge in [-0.25, -0.2) is 0 Å². The van der Waals surface area contributed by atoms with Gasteiger partial charge in [-0.2, -0.15) is 0 Å². The smallest absolute Gasteiger partial charge is 0.258 e. The highest BCUT2D eigenvalue weighted by Crippen LogP contribution is 2.26. The maximum Gasteiger partial charge on any atom is 0.258 e. The van der Waals surface area contributed by atoms with E-state index < -0.39 is 0 Å². The van der Waals surface area contributed by atoms with Crippen LogP contribution in [0.4, 0.5) is 17.3 Å². The molecule has 1 aromatic carbocycles. The van der Waals surface area contributed by atoms with E-state index in [2.05, 4.69) is 25.8 Å². The van der Waals surface area contributed by atoms with Crippen molar-refractivity contribution in [3.63, 3.8) is 0 Å². The number of nitrogens with one attached hydrogen (secondary N) is 2. The van der Waals surface area contributed by atoms with Crippen LogP contribution in [0.1, 0.15) is 10.4 Å². The summed E-state index contributed by atoms with van der Waals surface area (Å²) >= 11 is 0. The number of para-hydroxylation sites is 2. The molecule has 7 heteroatoms. The Kier molecular flexibility index (Phi) is 4.62. The SMILES string of the molecule is COc1ccccc1Nc1ccc(NC(=O)c2cccnc2)nn1. The Balaban J connectivity index is 1.68. The molecule has 0 unspecified atom stereocenters. The summed E-state index contributed by atoms with van der Waals surface area (Å²) in [6.45, 7) is 0. The molecule has 3 rings (SSSR count). The number of hydrogen-bond donors (Lipinski definition) is 2. The van der Waals surface area contributed by atoms with Crippen molar-refractivity contribution in [1.82, 2.24) is 15.2 Å². The van der Waals surface area contributed by atoms with Crippen molar-refractivity contribution >= 4 is 23.2 Å². The molecule has 0 saturated carbocycles. The summed E-state index contributed by atoms with van der Waals surface area (Å²) in [6.07, 6.45) is 3.09. The Labute approximate surface area is 138 Å². The standard InChI is InChI=1S/C17H15N5O2/c1-24-14-7-3-2-6-13(14)19-15-8-9-16(22-21-15)20-17(23)12-5-4-10-18-11-12/h2-11H,1H3,(H,19,21)(H,20,22,23). The van der Waals surface area contributed by atoms with Gasteiger partial charge in [0.15, 0.2) is 11.6 Å². The second-order valence-corrected chi connectivity index (χ2v) is 4.82. The molecule has 0 atom stereocenters. The summed E-state index contributed by atoms with van der Waals surface area (Å²) in [5.41, 5.74) is 1.23. The second-order valence-electron chi connectivity index (χ2n) is 4.82. The van der Waals surface area contributed by atoms with Crippen molar-refractivity contribution < 1.29 is 9.53 Å². The van der Waals surface area contributed by atoms with E-state index in [0.717, 1.165) is 5.69 Å². The first kappa shape index (κ1) is 15.4. The van der Waals surface area contributed by atoms with Crippen LogP contribution in [-0.2, 0) is 0 Å². The quantitative estimate of drug-likeness (QED) is 0.751. The fourth-order valence-electron chi connectivity index (χ4n) is 2.04. The molecular weight excluding hydrogens is 306 g/mol. The maximum atomic E-state index is 12.0. The number of carbonyl (C=O) groups excluding carboxylic acids is 1. The minimum absolute atomic E-state index is 0.289. The number of carbonyl (C=O) groups is 1. The molecule has 7 nitrogen and oxygen atoms in total. The average molecular weight is 321 g/mol. The maximum absolute atomic E-state index is 12.0. The van der Waals surface area contributed by atoms with Crippen LogP contribution in [0, 0.1) is 0 Å². The predicted octanol–water partition coefficient (Wildman–Crippen LogP) is 2.88. The molecule has 0 radical (unpaired) electrons. The van der Waals surface area contributed by atoms with E-state index in [1.807, 2.05) is 24.3 Å². The second kappa shape index (κ2) is 7.19. The fraction of sp³-hybridized carbons (Fsp3) is 0.0588. The predicted molar refractivity (Wildman–Crippen MR) is 90.5 cm³/mol. The van der Waals surface area contributed by atoms with Crippen LogP contribution < -0.4 is 15.4 Å². The Hall–Kier alpha value is -3.48. The zero-order chi connectivity index (χ0) is 16.8. The molecule has 2 heterocycles. The number of pyridine rings is 1. The van der Waals surface area contributed by atoms with Gasteiger partial charge < -0.3 is 15.4 Å². The molecule has 0 saturated heterocycles. The minimum atomic E-state index is -0.289. The molecular formula is C17H15N5O2. The third-order valence-electron chi connectivity index (χ3n) is 3.20. The first-order valence-electron chi connectivity index (χ1n) is 7.21. The van der Waals surface area contributed by atoms with Crippen molar-refractivity contribution in [1.29, 1.82) is 0 Å². The number of ether oxygens (including phenoxy) is 1. The lowest BCUT2D eigenvalue weighted by atomic mass is 10.2. The normalized spacial score (nSPS) is 10.0. The van der Waals surface area contributed by atoms with Crippen molar-refractivity contribution in [2.75, 3.05) is 17.7 Å². The lowest BCUT2D eigenvalue weighted by molar-refractivity contribution is 0.102. The molecule has 0 aliphatic heterocycles. The van der Waals surface area contributed by atoms with E-state index in [1.54, 1.807) is 37.6 Å². The Morgan fingerprint density at radius 3 is 2.50 bits per heavy atom. The summed E-state index contributed by atoms with van der Waals surface area (Å²) in [6, 6.07) is 14.2. The van der Waals surface area contributed by atoms with Crippen molar-refractivity contribution in [3.05, 3.63) is 66.5 Å². The highest BCUT2D eigenvalue weighted by molar-refractivity contribution is 6.03. The Morgan fingerprint density at radius 1 is 1.00 bits per heavy atom. The van der Waals surface area contributed by atoms with Gasteiger partial charge in [-0.1, -0.05) is 12.1 Å². The van der Waals surface area contributed by atoms with Gasteiger partial charge in [-0.15, -0.1) is 10.2 Å². The molecule has 120 valence electrons. The number of nitrogens with zero attached hydrogens (tertiary/aromatic N) is 3. The van der Waals surface area contributed by atoms with Gasteiger partial charge in [0, 0.05) is 12.4 Å². The first-order chi connectivity index (χ1) is 11.8. The molecule has 1 amide bonds. The summed E-state index contributed by atoms with van der Waals surface area (Å²) in [5, 5.41) is 13.8. The van der Waals surface area contributed by atoms with Crippen LogP contribution in [0.25, 0.3) is 0 Å². The summed E-state index contributed by atoms with van der Waals surface area (Å²) in [4.78, 5) is 15.9. The molecule has 0 bridgehead atoms. The number of benzene rings is 1. The summed E-state index contributed by atoms with van der Waals surface area (Å²) in [5.74, 6) is 1.31. The van der Waals surface area contributed by atoms with E-state index >= 15 is 0 Å². The average Bonchev–Trinajstić information content (AvgIpc) is 2.64. The van der Waals surface area contributed by atoms with Gasteiger partial charge >= 0.3 is 0 Å². The lowest BCUT2D eigenvalue weighted by Crippen LogP contribution is -2.13. The number of methoxy groups -OCH3 is 1. The number of anilines is 3. The van der Waals surface area contributed by atoms with E-state index in [1.165, 1.54) is 6.20 Å². The van der Waals surface area contributed by atoms with Gasteiger partial charge in [0.1, 0.15) is 5.75 Å². The number of amides is 1. The monoisotopic (exact) mass is 321 g/mol. The Bertz CT molecular complexity index is 822. The first-order valence-corrected chi connectivity index (χ1v) is 7.21. The summed E-state index contributed by atoms with van der Waals surface area (Å²) in [7, 11) is 1.60. The topological polar surface area (TPSA) is 89.0 Å². The largest absolute Gasteiger partial charge is 0.495 e.